The zero-order chi connectivity index (χ0) is 29.0. The van der Waals surface area contributed by atoms with Gasteiger partial charge >= 0.3 is 5.69 Å². The van der Waals surface area contributed by atoms with Crippen LogP contribution in [-0.4, -0.2) is 53.9 Å². The van der Waals surface area contributed by atoms with Crippen LogP contribution in [0, 0.1) is 0 Å². The summed E-state index contributed by atoms with van der Waals surface area (Å²) in [5, 5.41) is 1.75. The maximum absolute atomic E-state index is 13.1. The lowest BCUT2D eigenvalue weighted by atomic mass is 9.89. The van der Waals surface area contributed by atoms with Crippen LogP contribution < -0.4 is 21.6 Å². The van der Waals surface area contributed by atoms with Crippen molar-refractivity contribution in [1.29, 1.82) is 0 Å². The maximum atomic E-state index is 13.1. The topological polar surface area (TPSA) is 109 Å². The number of aromatic nitrogens is 2. The largest absolute Gasteiger partial charge is 0.404 e. The van der Waals surface area contributed by atoms with E-state index in [0.717, 1.165) is 10.4 Å². The summed E-state index contributed by atoms with van der Waals surface area (Å²) in [6, 6.07) is 21.4. The number of H-pyrrole nitrogens is 1. The highest BCUT2D eigenvalue weighted by molar-refractivity contribution is 6.99. The molecule has 0 amide bonds. The van der Waals surface area contributed by atoms with Gasteiger partial charge in [0.2, 0.25) is 0 Å². The molecule has 9 nitrogen and oxygen atoms in total. The Labute approximate surface area is 234 Å². The van der Waals surface area contributed by atoms with E-state index in [1.165, 1.54) is 16.8 Å². The lowest BCUT2D eigenvalue weighted by Crippen LogP contribution is -2.68. The van der Waals surface area contributed by atoms with Crippen LogP contribution in [0.25, 0.3) is 0 Å². The van der Waals surface area contributed by atoms with E-state index in [-0.39, 0.29) is 11.6 Å². The predicted molar refractivity (Wildman–Crippen MR) is 152 cm³/mol. The number of hydrogen-bond acceptors (Lipinski definition) is 7. The van der Waals surface area contributed by atoms with Gasteiger partial charge in [-0.15, -0.1) is 0 Å². The monoisotopic (exact) mass is 564 g/mol. The van der Waals surface area contributed by atoms with E-state index in [1.807, 2.05) is 36.4 Å². The van der Waals surface area contributed by atoms with E-state index >= 15 is 0 Å². The first kappa shape index (κ1) is 28.4. The molecular formula is C30H36N2O7Si. The van der Waals surface area contributed by atoms with Crippen molar-refractivity contribution in [2.45, 2.75) is 75.9 Å². The number of carbonyl (C=O) groups is 1. The first-order valence-electron chi connectivity index (χ1n) is 13.4. The first-order valence-corrected chi connectivity index (χ1v) is 15.3. The average Bonchev–Trinajstić information content (AvgIpc) is 3.29. The minimum atomic E-state index is -3.06. The van der Waals surface area contributed by atoms with Crippen LogP contribution in [0.1, 0.15) is 47.8 Å². The fraction of sp³-hybridized carbons (Fsp3) is 0.433. The molecule has 3 heterocycles. The fourth-order valence-corrected chi connectivity index (χ4v) is 10.9. The molecule has 2 aliphatic rings. The summed E-state index contributed by atoms with van der Waals surface area (Å²) in [6.07, 6.45) is 0.0631. The van der Waals surface area contributed by atoms with Crippen molar-refractivity contribution in [3.05, 3.63) is 93.8 Å². The molecule has 0 aliphatic carbocycles. The van der Waals surface area contributed by atoms with Crippen molar-refractivity contribution in [3.63, 3.8) is 0 Å². The second-order valence-corrected chi connectivity index (χ2v) is 16.5. The Bertz CT molecular complexity index is 1460. The van der Waals surface area contributed by atoms with Crippen molar-refractivity contribution in [1.82, 2.24) is 9.55 Å². The number of carbonyl (C=O) groups excluding carboxylic acids is 1. The number of ether oxygens (including phenoxy) is 3. The second-order valence-electron chi connectivity index (χ2n) is 12.2. The molecule has 0 bridgehead atoms. The van der Waals surface area contributed by atoms with E-state index in [1.54, 1.807) is 20.8 Å². The van der Waals surface area contributed by atoms with E-state index < -0.39 is 48.9 Å². The molecule has 10 heteroatoms. The van der Waals surface area contributed by atoms with Gasteiger partial charge in [-0.25, -0.2) is 4.79 Å². The number of nitrogens with zero attached hydrogens (tertiary/aromatic N) is 1. The molecule has 1 aromatic heterocycles. The van der Waals surface area contributed by atoms with Crippen molar-refractivity contribution in [3.8, 4) is 0 Å². The van der Waals surface area contributed by atoms with Gasteiger partial charge in [-0.2, -0.15) is 0 Å². The molecule has 2 saturated heterocycles. The summed E-state index contributed by atoms with van der Waals surface area (Å²) in [4.78, 5) is 40.0. The molecule has 5 rings (SSSR count). The Balaban J connectivity index is 1.64. The Morgan fingerprint density at radius 3 is 2.02 bits per heavy atom. The zero-order valence-corrected chi connectivity index (χ0v) is 24.7. The molecular weight excluding hydrogens is 528 g/mol. The normalized spacial score (nSPS) is 27.9. The van der Waals surface area contributed by atoms with Gasteiger partial charge in [-0.05, 0) is 36.2 Å². The Morgan fingerprint density at radius 1 is 0.950 bits per heavy atom. The average molecular weight is 565 g/mol. The molecule has 2 aliphatic heterocycles. The van der Waals surface area contributed by atoms with Gasteiger partial charge in [0.25, 0.3) is 13.9 Å². The van der Waals surface area contributed by atoms with Crippen LogP contribution in [-0.2, 0) is 23.4 Å². The maximum Gasteiger partial charge on any atom is 0.330 e. The lowest BCUT2D eigenvalue weighted by molar-refractivity contribution is -0.232. The van der Waals surface area contributed by atoms with Crippen molar-refractivity contribution in [2.75, 3.05) is 6.61 Å². The summed E-state index contributed by atoms with van der Waals surface area (Å²) in [5.74, 6) is -1.07. The number of fused-ring (bicyclic) bond motifs is 1. The number of rotatable bonds is 7. The molecule has 0 unspecified atom stereocenters. The number of nitrogens with one attached hydrogen (secondary N) is 1. The molecule has 2 aromatic carbocycles. The third kappa shape index (κ3) is 4.44. The van der Waals surface area contributed by atoms with Crippen LogP contribution >= 0.6 is 0 Å². The number of aldehydes is 1. The lowest BCUT2D eigenvalue weighted by Gasteiger charge is -2.44. The van der Waals surface area contributed by atoms with E-state index in [4.69, 9.17) is 18.6 Å². The van der Waals surface area contributed by atoms with Crippen molar-refractivity contribution in [2.24, 2.45) is 0 Å². The summed E-state index contributed by atoms with van der Waals surface area (Å²) in [7, 11) is -3.06. The number of aromatic amines is 1. The summed E-state index contributed by atoms with van der Waals surface area (Å²) >= 11 is 0. The molecule has 0 radical (unpaired) electrons. The second kappa shape index (κ2) is 9.74. The van der Waals surface area contributed by atoms with Crippen LogP contribution in [0.15, 0.2) is 82.5 Å². The van der Waals surface area contributed by atoms with Gasteiger partial charge in [0.15, 0.2) is 23.9 Å². The molecule has 1 N–H and O–H groups in total. The van der Waals surface area contributed by atoms with Crippen LogP contribution in [0.4, 0.5) is 0 Å². The third-order valence-corrected chi connectivity index (χ3v) is 12.9. The van der Waals surface area contributed by atoms with Gasteiger partial charge in [-0.3, -0.25) is 19.1 Å². The summed E-state index contributed by atoms with van der Waals surface area (Å²) < 4.78 is 27.5. The third-order valence-electron chi connectivity index (χ3n) is 7.89. The Hall–Kier alpha value is -3.15. The van der Waals surface area contributed by atoms with Crippen molar-refractivity contribution >= 4 is 25.0 Å². The smallest absolute Gasteiger partial charge is 0.330 e. The molecule has 0 saturated carbocycles. The number of hydrogen-bond donors (Lipinski definition) is 1. The van der Waals surface area contributed by atoms with E-state index in [9.17, 15) is 14.4 Å². The van der Waals surface area contributed by atoms with Gasteiger partial charge in [0.05, 0.1) is 6.61 Å². The van der Waals surface area contributed by atoms with Crippen LogP contribution in [0.5, 0.6) is 0 Å². The zero-order valence-electron chi connectivity index (χ0n) is 23.7. The van der Waals surface area contributed by atoms with Gasteiger partial charge in [0.1, 0.15) is 11.7 Å². The van der Waals surface area contributed by atoms with Crippen LogP contribution in [0.3, 0.4) is 0 Å². The van der Waals surface area contributed by atoms with E-state index in [2.05, 4.69) is 50.0 Å². The molecule has 212 valence electrons. The SMILES string of the molecule is CC1(C)O[C@H]2[C@@](C)(O1)[C@H](n1ccc(=O)[nH]c1=O)O[C@]2(C=O)CO[Si](c1ccccc1)(c1ccccc1)C(C)(C)C. The highest BCUT2D eigenvalue weighted by atomic mass is 28.4. The van der Waals surface area contributed by atoms with Crippen molar-refractivity contribution < 1.29 is 23.4 Å². The van der Waals surface area contributed by atoms with Gasteiger partial charge in [0, 0.05) is 12.3 Å². The molecule has 2 fully saturated rings. The Morgan fingerprint density at radius 2 is 1.52 bits per heavy atom. The van der Waals surface area contributed by atoms with Gasteiger partial charge < -0.3 is 18.6 Å². The fourth-order valence-electron chi connectivity index (χ4n) is 6.32. The Kier molecular flexibility index (Phi) is 6.91. The quantitative estimate of drug-likeness (QED) is 0.347. The first-order chi connectivity index (χ1) is 18.8. The van der Waals surface area contributed by atoms with E-state index in [0.29, 0.717) is 6.29 Å². The minimum absolute atomic E-state index is 0.141. The standard InChI is InChI=1S/C30H36N2O7Si/c1-27(2,3)40(21-13-9-7-10-14-21,22-15-11-8-12-16-22)36-20-30(19-33)24-29(6,39-28(4,5)37-24)25(38-30)32-18-17-23(34)31-26(32)35/h7-19,24-25H,20H2,1-6H3,(H,31,34,35)/t24-,25+,29+,30+/m0/s1. The minimum Gasteiger partial charge on any atom is -0.404 e. The molecule has 4 atom stereocenters. The number of benzene rings is 2. The predicted octanol–water partition coefficient (Wildman–Crippen LogP) is 2.49. The highest BCUT2D eigenvalue weighted by Gasteiger charge is 2.71. The van der Waals surface area contributed by atoms with Gasteiger partial charge in [-0.1, -0.05) is 81.4 Å². The highest BCUT2D eigenvalue weighted by Crippen LogP contribution is 2.54. The molecule has 40 heavy (non-hydrogen) atoms. The summed E-state index contributed by atoms with van der Waals surface area (Å²) in [5.41, 5.74) is -4.08. The molecule has 0 spiro atoms. The van der Waals surface area contributed by atoms with Crippen LogP contribution in [0.2, 0.25) is 5.04 Å². The summed E-state index contributed by atoms with van der Waals surface area (Å²) in [6.45, 7) is 11.6. The molecule has 3 aromatic rings.